The van der Waals surface area contributed by atoms with E-state index in [2.05, 4.69) is 5.32 Å². The predicted molar refractivity (Wildman–Crippen MR) is 67.5 cm³/mol. The largest absolute Gasteiger partial charge is 0.506 e. The predicted octanol–water partition coefficient (Wildman–Crippen LogP) is 3.30. The molecule has 0 aliphatic rings. The number of rotatable bonds is 2. The molecule has 0 bridgehead atoms. The lowest BCUT2D eigenvalue weighted by molar-refractivity contribution is 0.102. The van der Waals surface area contributed by atoms with Crippen LogP contribution in [0.1, 0.15) is 10.4 Å². The van der Waals surface area contributed by atoms with Crippen molar-refractivity contribution in [3.05, 3.63) is 59.1 Å². The number of phenols is 1. The Morgan fingerprint density at radius 1 is 1.12 bits per heavy atom. The average molecular weight is 248 g/mol. The smallest absolute Gasteiger partial charge is 0.255 e. The number of hydrogen-bond donors (Lipinski definition) is 2. The summed E-state index contributed by atoms with van der Waals surface area (Å²) in [6.45, 7) is 0. The van der Waals surface area contributed by atoms with Crippen molar-refractivity contribution in [1.82, 2.24) is 0 Å². The molecule has 3 nitrogen and oxygen atoms in total. The Morgan fingerprint density at radius 2 is 1.82 bits per heavy atom. The average Bonchev–Trinajstić information content (AvgIpc) is 2.34. The third-order valence-corrected chi connectivity index (χ3v) is 2.54. The standard InChI is InChI=1S/C13H10ClNO2/c14-11-8-9(6-7-12(11)16)13(17)15-10-4-2-1-3-5-10/h1-8,16H,(H,15,17). The topological polar surface area (TPSA) is 49.3 Å². The fourth-order valence-electron chi connectivity index (χ4n) is 1.37. The summed E-state index contributed by atoms with van der Waals surface area (Å²) in [6, 6.07) is 13.4. The molecular weight excluding hydrogens is 238 g/mol. The van der Waals surface area contributed by atoms with Gasteiger partial charge in [0.25, 0.3) is 5.91 Å². The van der Waals surface area contributed by atoms with E-state index in [1.165, 1.54) is 18.2 Å². The second-order valence-electron chi connectivity index (χ2n) is 3.49. The van der Waals surface area contributed by atoms with Crippen molar-refractivity contribution in [3.63, 3.8) is 0 Å². The number of carbonyl (C=O) groups is 1. The van der Waals surface area contributed by atoms with Gasteiger partial charge in [0.15, 0.2) is 0 Å². The Kier molecular flexibility index (Phi) is 3.30. The number of aromatic hydroxyl groups is 1. The quantitative estimate of drug-likeness (QED) is 0.856. The van der Waals surface area contributed by atoms with Crippen molar-refractivity contribution in [3.8, 4) is 5.75 Å². The van der Waals surface area contributed by atoms with Gasteiger partial charge in [-0.3, -0.25) is 4.79 Å². The first-order valence-electron chi connectivity index (χ1n) is 5.02. The molecular formula is C13H10ClNO2. The Hall–Kier alpha value is -2.00. The molecule has 0 atom stereocenters. The SMILES string of the molecule is O=C(Nc1ccccc1)c1ccc(O)c(Cl)c1. The van der Waals surface area contributed by atoms with E-state index in [1.54, 1.807) is 12.1 Å². The molecule has 2 aromatic carbocycles. The zero-order chi connectivity index (χ0) is 12.3. The molecule has 0 aromatic heterocycles. The van der Waals surface area contributed by atoms with Gasteiger partial charge in [-0.15, -0.1) is 0 Å². The molecule has 2 aromatic rings. The minimum absolute atomic E-state index is 0.0390. The summed E-state index contributed by atoms with van der Waals surface area (Å²) in [5.41, 5.74) is 1.11. The minimum atomic E-state index is -0.266. The first kappa shape index (κ1) is 11.5. The van der Waals surface area contributed by atoms with Crippen LogP contribution in [0.3, 0.4) is 0 Å². The van der Waals surface area contributed by atoms with Gasteiger partial charge in [0, 0.05) is 11.3 Å². The zero-order valence-corrected chi connectivity index (χ0v) is 9.61. The summed E-state index contributed by atoms with van der Waals surface area (Å²) in [5.74, 6) is -0.305. The van der Waals surface area contributed by atoms with Gasteiger partial charge in [-0.1, -0.05) is 29.8 Å². The maximum atomic E-state index is 11.8. The number of halogens is 1. The number of phenolic OH excluding ortho intramolecular Hbond substituents is 1. The molecule has 0 radical (unpaired) electrons. The Labute approximate surface area is 104 Å². The van der Waals surface area contributed by atoms with E-state index in [0.717, 1.165) is 0 Å². The van der Waals surface area contributed by atoms with Crippen molar-refractivity contribution in [2.24, 2.45) is 0 Å². The van der Waals surface area contributed by atoms with Crippen LogP contribution in [0.25, 0.3) is 0 Å². The highest BCUT2D eigenvalue weighted by molar-refractivity contribution is 6.32. The number of hydrogen-bond acceptors (Lipinski definition) is 2. The van der Waals surface area contributed by atoms with Crippen LogP contribution >= 0.6 is 11.6 Å². The van der Waals surface area contributed by atoms with Crippen molar-refractivity contribution >= 4 is 23.2 Å². The number of nitrogens with one attached hydrogen (secondary N) is 1. The first-order valence-corrected chi connectivity index (χ1v) is 5.39. The van der Waals surface area contributed by atoms with Crippen LogP contribution in [-0.2, 0) is 0 Å². The van der Waals surface area contributed by atoms with E-state index in [1.807, 2.05) is 18.2 Å². The fourth-order valence-corrected chi connectivity index (χ4v) is 1.55. The lowest BCUT2D eigenvalue weighted by atomic mass is 10.2. The van der Waals surface area contributed by atoms with Gasteiger partial charge in [-0.2, -0.15) is 0 Å². The molecule has 0 aliphatic carbocycles. The van der Waals surface area contributed by atoms with Crippen LogP contribution in [0.15, 0.2) is 48.5 Å². The van der Waals surface area contributed by atoms with Crippen LogP contribution < -0.4 is 5.32 Å². The van der Waals surface area contributed by atoms with Gasteiger partial charge in [0.05, 0.1) is 5.02 Å². The number of anilines is 1. The molecule has 1 amide bonds. The van der Waals surface area contributed by atoms with E-state index in [9.17, 15) is 9.90 Å². The third kappa shape index (κ3) is 2.77. The van der Waals surface area contributed by atoms with Gasteiger partial charge >= 0.3 is 0 Å². The maximum Gasteiger partial charge on any atom is 0.255 e. The lowest BCUT2D eigenvalue weighted by Crippen LogP contribution is -2.11. The molecule has 2 N–H and O–H groups in total. The van der Waals surface area contributed by atoms with Crippen LogP contribution in [0, 0.1) is 0 Å². The van der Waals surface area contributed by atoms with Crippen LogP contribution in [0.5, 0.6) is 5.75 Å². The zero-order valence-electron chi connectivity index (χ0n) is 8.85. The van der Waals surface area contributed by atoms with E-state index in [-0.39, 0.29) is 16.7 Å². The maximum absolute atomic E-state index is 11.8. The highest BCUT2D eigenvalue weighted by atomic mass is 35.5. The second kappa shape index (κ2) is 4.89. The molecule has 0 heterocycles. The van der Waals surface area contributed by atoms with Crippen LogP contribution in [0.4, 0.5) is 5.69 Å². The Bertz CT molecular complexity index is 540. The molecule has 0 spiro atoms. The highest BCUT2D eigenvalue weighted by Gasteiger charge is 2.08. The summed E-state index contributed by atoms with van der Waals surface area (Å²) >= 11 is 5.73. The molecule has 0 aliphatic heterocycles. The van der Waals surface area contributed by atoms with Crippen molar-refractivity contribution in [1.29, 1.82) is 0 Å². The fraction of sp³-hybridized carbons (Fsp3) is 0. The van der Waals surface area contributed by atoms with Gasteiger partial charge < -0.3 is 10.4 Å². The van der Waals surface area contributed by atoms with Crippen molar-refractivity contribution < 1.29 is 9.90 Å². The minimum Gasteiger partial charge on any atom is -0.506 e. The number of para-hydroxylation sites is 1. The van der Waals surface area contributed by atoms with E-state index < -0.39 is 0 Å². The normalized spacial score (nSPS) is 9.94. The first-order chi connectivity index (χ1) is 8.16. The van der Waals surface area contributed by atoms with E-state index >= 15 is 0 Å². The summed E-state index contributed by atoms with van der Waals surface area (Å²) in [7, 11) is 0. The number of carbonyl (C=O) groups excluding carboxylic acids is 1. The molecule has 4 heteroatoms. The van der Waals surface area contributed by atoms with Crippen molar-refractivity contribution in [2.75, 3.05) is 5.32 Å². The Balaban J connectivity index is 2.18. The number of benzene rings is 2. The molecule has 0 saturated heterocycles. The van der Waals surface area contributed by atoms with E-state index in [0.29, 0.717) is 11.3 Å². The van der Waals surface area contributed by atoms with Gasteiger partial charge in [-0.25, -0.2) is 0 Å². The molecule has 2 rings (SSSR count). The van der Waals surface area contributed by atoms with Crippen LogP contribution in [0.2, 0.25) is 5.02 Å². The molecule has 0 saturated carbocycles. The van der Waals surface area contributed by atoms with Gasteiger partial charge in [0.2, 0.25) is 0 Å². The highest BCUT2D eigenvalue weighted by Crippen LogP contribution is 2.24. The monoisotopic (exact) mass is 247 g/mol. The van der Waals surface area contributed by atoms with Crippen LogP contribution in [-0.4, -0.2) is 11.0 Å². The molecule has 86 valence electrons. The van der Waals surface area contributed by atoms with Crippen molar-refractivity contribution in [2.45, 2.75) is 0 Å². The Morgan fingerprint density at radius 3 is 2.47 bits per heavy atom. The second-order valence-corrected chi connectivity index (χ2v) is 3.89. The van der Waals surface area contributed by atoms with Gasteiger partial charge in [-0.05, 0) is 30.3 Å². The molecule has 17 heavy (non-hydrogen) atoms. The number of amides is 1. The third-order valence-electron chi connectivity index (χ3n) is 2.24. The van der Waals surface area contributed by atoms with Gasteiger partial charge in [0.1, 0.15) is 5.75 Å². The summed E-state index contributed by atoms with van der Waals surface area (Å²) in [6.07, 6.45) is 0. The summed E-state index contributed by atoms with van der Waals surface area (Å²) < 4.78 is 0. The summed E-state index contributed by atoms with van der Waals surface area (Å²) in [4.78, 5) is 11.8. The van der Waals surface area contributed by atoms with E-state index in [4.69, 9.17) is 11.6 Å². The molecule has 0 unspecified atom stereocenters. The summed E-state index contributed by atoms with van der Waals surface area (Å²) in [5, 5.41) is 12.1. The molecule has 0 fully saturated rings. The lowest BCUT2D eigenvalue weighted by Gasteiger charge is -2.05.